The Hall–Kier alpha value is -0.610. The lowest BCUT2D eigenvalue weighted by Crippen LogP contribution is -2.37. The Bertz CT molecular complexity index is 225. The molecule has 0 atom stereocenters. The second-order valence-corrected chi connectivity index (χ2v) is 5.08. The molecule has 0 aromatic heterocycles. The zero-order valence-corrected chi connectivity index (χ0v) is 11.2. The number of methoxy groups -OCH3 is 1. The van der Waals surface area contributed by atoms with Crippen molar-refractivity contribution in [2.75, 3.05) is 33.9 Å². The van der Waals surface area contributed by atoms with E-state index >= 15 is 0 Å². The average molecular weight is 242 g/mol. The summed E-state index contributed by atoms with van der Waals surface area (Å²) in [6.07, 6.45) is 6.66. The number of hydrogen-bond donors (Lipinski definition) is 2. The van der Waals surface area contributed by atoms with Gasteiger partial charge in [0.2, 0.25) is 5.91 Å². The highest BCUT2D eigenvalue weighted by Crippen LogP contribution is 2.40. The molecule has 1 saturated carbocycles. The largest absolute Gasteiger partial charge is 0.385 e. The minimum Gasteiger partial charge on any atom is -0.385 e. The van der Waals surface area contributed by atoms with Gasteiger partial charge in [-0.2, -0.15) is 0 Å². The van der Waals surface area contributed by atoms with Crippen molar-refractivity contribution in [3.05, 3.63) is 0 Å². The SMILES string of the molecule is CNCCC(=O)NCC1(CCOC)CCCC1. The molecule has 1 amide bonds. The number of amides is 1. The molecular formula is C13H26N2O2. The van der Waals surface area contributed by atoms with Crippen LogP contribution in [-0.4, -0.2) is 39.8 Å². The van der Waals surface area contributed by atoms with Gasteiger partial charge in [0.1, 0.15) is 0 Å². The molecule has 4 heteroatoms. The zero-order valence-electron chi connectivity index (χ0n) is 11.2. The van der Waals surface area contributed by atoms with Crippen LogP contribution < -0.4 is 10.6 Å². The molecule has 0 spiro atoms. The summed E-state index contributed by atoms with van der Waals surface area (Å²) in [6, 6.07) is 0. The molecule has 4 nitrogen and oxygen atoms in total. The highest BCUT2D eigenvalue weighted by atomic mass is 16.5. The minimum atomic E-state index is 0.156. The second-order valence-electron chi connectivity index (χ2n) is 5.08. The number of carbonyl (C=O) groups excluding carboxylic acids is 1. The van der Waals surface area contributed by atoms with Crippen LogP contribution in [0.4, 0.5) is 0 Å². The summed E-state index contributed by atoms with van der Waals surface area (Å²) in [4.78, 5) is 11.6. The quantitative estimate of drug-likeness (QED) is 0.675. The van der Waals surface area contributed by atoms with Crippen molar-refractivity contribution in [2.24, 2.45) is 5.41 Å². The van der Waals surface area contributed by atoms with Crippen LogP contribution in [0.1, 0.15) is 38.5 Å². The molecule has 0 bridgehead atoms. The Kier molecular flexibility index (Phi) is 6.52. The molecule has 0 unspecified atom stereocenters. The molecule has 1 rings (SSSR count). The first kappa shape index (κ1) is 14.5. The summed E-state index contributed by atoms with van der Waals surface area (Å²) in [6.45, 7) is 2.36. The van der Waals surface area contributed by atoms with E-state index in [-0.39, 0.29) is 5.91 Å². The topological polar surface area (TPSA) is 50.4 Å². The van der Waals surface area contributed by atoms with E-state index in [0.29, 0.717) is 11.8 Å². The number of hydrogen-bond acceptors (Lipinski definition) is 3. The maximum atomic E-state index is 11.6. The van der Waals surface area contributed by atoms with Gasteiger partial charge in [-0.15, -0.1) is 0 Å². The van der Waals surface area contributed by atoms with Crippen LogP contribution in [0.15, 0.2) is 0 Å². The molecule has 1 aliphatic carbocycles. The van der Waals surface area contributed by atoms with Crippen molar-refractivity contribution in [1.29, 1.82) is 0 Å². The Morgan fingerprint density at radius 1 is 1.35 bits per heavy atom. The first-order valence-corrected chi connectivity index (χ1v) is 6.63. The monoisotopic (exact) mass is 242 g/mol. The standard InChI is InChI=1S/C13H26N2O2/c1-14-9-5-12(16)15-11-13(8-10-17-2)6-3-4-7-13/h14H,3-11H2,1-2H3,(H,15,16). The summed E-state index contributed by atoms with van der Waals surface area (Å²) < 4.78 is 5.18. The molecule has 0 aromatic carbocycles. The smallest absolute Gasteiger partial charge is 0.221 e. The first-order valence-electron chi connectivity index (χ1n) is 6.63. The third-order valence-corrected chi connectivity index (χ3v) is 3.76. The fourth-order valence-electron chi connectivity index (χ4n) is 2.57. The second kappa shape index (κ2) is 7.67. The number of nitrogens with one attached hydrogen (secondary N) is 2. The molecule has 1 fully saturated rings. The normalized spacial score (nSPS) is 18.2. The van der Waals surface area contributed by atoms with E-state index in [9.17, 15) is 4.79 Å². The van der Waals surface area contributed by atoms with Gasteiger partial charge in [0.05, 0.1) is 0 Å². The van der Waals surface area contributed by atoms with Crippen LogP contribution in [0.5, 0.6) is 0 Å². The van der Waals surface area contributed by atoms with E-state index in [1.165, 1.54) is 25.7 Å². The van der Waals surface area contributed by atoms with Crippen molar-refractivity contribution >= 4 is 5.91 Å². The third-order valence-electron chi connectivity index (χ3n) is 3.76. The van der Waals surface area contributed by atoms with Gasteiger partial charge in [-0.1, -0.05) is 12.8 Å². The van der Waals surface area contributed by atoms with Gasteiger partial charge in [0.15, 0.2) is 0 Å². The van der Waals surface area contributed by atoms with Crippen LogP contribution >= 0.6 is 0 Å². The summed E-state index contributed by atoms with van der Waals surface area (Å²) in [5, 5.41) is 6.06. The van der Waals surface area contributed by atoms with Crippen LogP contribution in [0.2, 0.25) is 0 Å². The molecule has 0 aromatic rings. The minimum absolute atomic E-state index is 0.156. The molecular weight excluding hydrogens is 216 g/mol. The molecule has 17 heavy (non-hydrogen) atoms. The van der Waals surface area contributed by atoms with E-state index in [4.69, 9.17) is 4.74 Å². The van der Waals surface area contributed by atoms with Gasteiger partial charge in [-0.25, -0.2) is 0 Å². The van der Waals surface area contributed by atoms with Crippen molar-refractivity contribution in [1.82, 2.24) is 10.6 Å². The molecule has 0 saturated heterocycles. The predicted molar refractivity (Wildman–Crippen MR) is 68.9 cm³/mol. The Balaban J connectivity index is 2.31. The van der Waals surface area contributed by atoms with E-state index in [1.54, 1.807) is 7.11 Å². The molecule has 0 aliphatic heterocycles. The van der Waals surface area contributed by atoms with E-state index in [2.05, 4.69) is 10.6 Å². The van der Waals surface area contributed by atoms with Gasteiger partial charge in [0.25, 0.3) is 0 Å². The lowest BCUT2D eigenvalue weighted by Gasteiger charge is -2.29. The van der Waals surface area contributed by atoms with E-state index in [0.717, 1.165) is 26.1 Å². The van der Waals surface area contributed by atoms with Gasteiger partial charge >= 0.3 is 0 Å². The van der Waals surface area contributed by atoms with Crippen LogP contribution in [0, 0.1) is 5.41 Å². The van der Waals surface area contributed by atoms with Crippen LogP contribution in [0.3, 0.4) is 0 Å². The van der Waals surface area contributed by atoms with Crippen molar-refractivity contribution in [3.8, 4) is 0 Å². The highest BCUT2D eigenvalue weighted by Gasteiger charge is 2.33. The van der Waals surface area contributed by atoms with Crippen molar-refractivity contribution < 1.29 is 9.53 Å². The fourth-order valence-corrected chi connectivity index (χ4v) is 2.57. The van der Waals surface area contributed by atoms with E-state index < -0.39 is 0 Å². The molecule has 0 heterocycles. The van der Waals surface area contributed by atoms with Crippen LogP contribution in [0.25, 0.3) is 0 Å². The van der Waals surface area contributed by atoms with Gasteiger partial charge in [-0.05, 0) is 31.7 Å². The van der Waals surface area contributed by atoms with E-state index in [1.807, 2.05) is 7.05 Å². The fraction of sp³-hybridized carbons (Fsp3) is 0.923. The average Bonchev–Trinajstić information content (AvgIpc) is 2.81. The molecule has 1 aliphatic rings. The van der Waals surface area contributed by atoms with Crippen molar-refractivity contribution in [2.45, 2.75) is 38.5 Å². The number of carbonyl (C=O) groups is 1. The maximum Gasteiger partial charge on any atom is 0.221 e. The molecule has 0 radical (unpaired) electrons. The Morgan fingerprint density at radius 3 is 2.65 bits per heavy atom. The maximum absolute atomic E-state index is 11.6. The summed E-state index contributed by atoms with van der Waals surface area (Å²) in [7, 11) is 3.61. The lowest BCUT2D eigenvalue weighted by molar-refractivity contribution is -0.121. The molecule has 100 valence electrons. The summed E-state index contributed by atoms with van der Waals surface area (Å²) in [5.41, 5.74) is 0.297. The van der Waals surface area contributed by atoms with Crippen molar-refractivity contribution in [3.63, 3.8) is 0 Å². The van der Waals surface area contributed by atoms with Crippen LogP contribution in [-0.2, 0) is 9.53 Å². The lowest BCUT2D eigenvalue weighted by atomic mass is 9.83. The highest BCUT2D eigenvalue weighted by molar-refractivity contribution is 5.76. The van der Waals surface area contributed by atoms with Gasteiger partial charge in [-0.3, -0.25) is 4.79 Å². The third kappa shape index (κ3) is 5.04. The van der Waals surface area contributed by atoms with Gasteiger partial charge in [0, 0.05) is 33.2 Å². The zero-order chi connectivity index (χ0) is 12.6. The summed E-state index contributed by atoms with van der Waals surface area (Å²) in [5.74, 6) is 0.156. The Labute approximate surface area is 104 Å². The molecule has 2 N–H and O–H groups in total. The first-order chi connectivity index (χ1) is 8.22. The van der Waals surface area contributed by atoms with Gasteiger partial charge < -0.3 is 15.4 Å². The Morgan fingerprint density at radius 2 is 2.06 bits per heavy atom. The number of rotatable bonds is 8. The number of ether oxygens (including phenoxy) is 1. The predicted octanol–water partition coefficient (Wildman–Crippen LogP) is 1.31. The summed E-state index contributed by atoms with van der Waals surface area (Å²) >= 11 is 0.